The molecule has 234 valence electrons. The molecule has 0 N–H and O–H groups in total. The van der Waals surface area contributed by atoms with Gasteiger partial charge in [0.1, 0.15) is 28.0 Å². The minimum absolute atomic E-state index is 0.0525. The van der Waals surface area contributed by atoms with Crippen molar-refractivity contribution in [3.8, 4) is 17.3 Å². The summed E-state index contributed by atoms with van der Waals surface area (Å²) in [5, 5.41) is 16.4. The number of thiazole rings is 1. The number of anilines is 1. The van der Waals surface area contributed by atoms with E-state index in [2.05, 4.69) is 75.0 Å². The topological polar surface area (TPSA) is 100 Å². The van der Waals surface area contributed by atoms with Gasteiger partial charge >= 0.3 is 0 Å². The summed E-state index contributed by atoms with van der Waals surface area (Å²) in [4.78, 5) is 31.1. The third-order valence-corrected chi connectivity index (χ3v) is 9.33. The molecule has 2 aromatic heterocycles. The fourth-order valence-corrected chi connectivity index (χ4v) is 6.52. The molecule has 4 rings (SSSR count). The van der Waals surface area contributed by atoms with Crippen molar-refractivity contribution < 1.29 is 4.79 Å². The molecule has 0 spiro atoms. The molecule has 0 fully saturated rings. The highest BCUT2D eigenvalue weighted by Gasteiger charge is 2.34. The standard InChI is InChI=1S/C35H47N7OS/c1-7-11-14-21-41(22-15-12-8-2)35-38-30(27-19-17-24(5)18-20-27)33(44-35)37-29-25(6)28(23-36)34(43)42-32(29)39-31(40-42)26(10-4)16-13-9-3/h17-20,26H,7-16,21-22H2,1-6H3. The highest BCUT2D eigenvalue weighted by molar-refractivity contribution is 7.19. The number of aliphatic imine (C=N–C) groups is 1. The third kappa shape index (κ3) is 7.52. The molecule has 8 nitrogen and oxygen atoms in total. The minimum atomic E-state index is -0.440. The zero-order valence-electron chi connectivity index (χ0n) is 27.3. The maximum Gasteiger partial charge on any atom is 0.291 e. The number of carbonyl (C=O) groups is 1. The summed E-state index contributed by atoms with van der Waals surface area (Å²) in [6.45, 7) is 14.5. The first-order valence-corrected chi connectivity index (χ1v) is 17.2. The van der Waals surface area contributed by atoms with E-state index in [-0.39, 0.29) is 11.5 Å². The van der Waals surface area contributed by atoms with E-state index in [1.54, 1.807) is 18.3 Å². The van der Waals surface area contributed by atoms with Crippen molar-refractivity contribution in [1.29, 1.82) is 5.26 Å². The van der Waals surface area contributed by atoms with E-state index >= 15 is 0 Å². The summed E-state index contributed by atoms with van der Waals surface area (Å²) in [5.41, 5.74) is 4.06. The molecule has 1 aliphatic rings. The van der Waals surface area contributed by atoms with Crippen LogP contribution in [0.15, 0.2) is 40.4 Å². The van der Waals surface area contributed by atoms with Gasteiger partial charge in [-0.2, -0.15) is 9.94 Å². The Morgan fingerprint density at radius 2 is 1.61 bits per heavy atom. The molecule has 0 radical (unpaired) electrons. The molecule has 1 aromatic carbocycles. The molecule has 0 bridgehead atoms. The van der Waals surface area contributed by atoms with E-state index in [1.807, 2.05) is 0 Å². The normalized spacial score (nSPS) is 14.7. The van der Waals surface area contributed by atoms with E-state index in [1.165, 1.54) is 35.9 Å². The Morgan fingerprint density at radius 3 is 2.20 bits per heavy atom. The van der Waals surface area contributed by atoms with Crippen LogP contribution in [0.2, 0.25) is 0 Å². The first kappa shape index (κ1) is 33.3. The van der Waals surface area contributed by atoms with Crippen LogP contribution in [0.5, 0.6) is 0 Å². The molecule has 0 saturated heterocycles. The number of unbranched alkanes of at least 4 members (excludes halogenated alkanes) is 5. The quantitative estimate of drug-likeness (QED) is 0.149. The molecule has 44 heavy (non-hydrogen) atoms. The highest BCUT2D eigenvalue weighted by Crippen LogP contribution is 2.41. The van der Waals surface area contributed by atoms with Gasteiger partial charge in [-0.05, 0) is 39.5 Å². The maximum atomic E-state index is 13.4. The largest absolute Gasteiger partial charge is 0.348 e. The van der Waals surface area contributed by atoms with Gasteiger partial charge in [-0.1, -0.05) is 107 Å². The van der Waals surface area contributed by atoms with Crippen LogP contribution >= 0.6 is 11.3 Å². The second-order valence-corrected chi connectivity index (χ2v) is 12.7. The van der Waals surface area contributed by atoms with Crippen molar-refractivity contribution in [2.75, 3.05) is 18.0 Å². The molecular weight excluding hydrogens is 567 g/mol. The molecule has 1 atom stereocenters. The molecule has 0 amide bonds. The first-order valence-electron chi connectivity index (χ1n) is 16.4. The summed E-state index contributed by atoms with van der Waals surface area (Å²) in [6.07, 6.45) is 10.9. The fraction of sp³-hybridized carbons (Fsp3) is 0.543. The van der Waals surface area contributed by atoms with Crippen LogP contribution < -0.4 is 4.90 Å². The van der Waals surface area contributed by atoms with Gasteiger partial charge in [-0.3, -0.25) is 4.79 Å². The van der Waals surface area contributed by atoms with Crippen molar-refractivity contribution >= 4 is 33.1 Å². The van der Waals surface area contributed by atoms with E-state index in [9.17, 15) is 10.1 Å². The number of aromatic nitrogens is 4. The maximum absolute atomic E-state index is 13.4. The van der Waals surface area contributed by atoms with E-state index < -0.39 is 5.91 Å². The summed E-state index contributed by atoms with van der Waals surface area (Å²) in [6, 6.07) is 10.5. The molecule has 0 aliphatic carbocycles. The second kappa shape index (κ2) is 15.9. The molecule has 1 aliphatic heterocycles. The highest BCUT2D eigenvalue weighted by atomic mass is 32.1. The molecule has 9 heteroatoms. The van der Waals surface area contributed by atoms with Crippen LogP contribution in [0.25, 0.3) is 11.3 Å². The van der Waals surface area contributed by atoms with Gasteiger partial charge in [-0.15, -0.1) is 5.10 Å². The predicted molar refractivity (Wildman–Crippen MR) is 181 cm³/mol. The first-order chi connectivity index (χ1) is 21.4. The minimum Gasteiger partial charge on any atom is -0.348 e. The number of benzene rings is 1. The van der Waals surface area contributed by atoms with Crippen molar-refractivity contribution in [1.82, 2.24) is 19.7 Å². The van der Waals surface area contributed by atoms with Gasteiger partial charge in [0.05, 0.1) is 0 Å². The van der Waals surface area contributed by atoms with Crippen molar-refractivity contribution in [3.05, 3.63) is 52.6 Å². The molecule has 0 saturated carbocycles. The Hall–Kier alpha value is -3.64. The number of hydrogen-bond acceptors (Lipinski definition) is 8. The molecule has 3 heterocycles. The van der Waals surface area contributed by atoms with Crippen LogP contribution in [-0.2, 0) is 0 Å². The SMILES string of the molecule is CCCCCN(CCCCC)c1nc(-c2ccc(C)cc2)c(N=C2C(C)=C(C#N)C(=O)n3nc(C(CC)CCCC)nc32)s1. The Balaban J connectivity index is 1.87. The fourth-order valence-electron chi connectivity index (χ4n) is 5.50. The van der Waals surface area contributed by atoms with Crippen LogP contribution in [0.1, 0.15) is 127 Å². The number of allylic oxidation sites excluding steroid dienone is 2. The smallest absolute Gasteiger partial charge is 0.291 e. The van der Waals surface area contributed by atoms with Crippen molar-refractivity contribution in [2.24, 2.45) is 4.99 Å². The monoisotopic (exact) mass is 613 g/mol. The van der Waals surface area contributed by atoms with Gasteiger partial charge in [0.25, 0.3) is 5.91 Å². The molecular formula is C35H47N7OS. The van der Waals surface area contributed by atoms with Crippen LogP contribution in [0.4, 0.5) is 10.1 Å². The number of hydrogen-bond donors (Lipinski definition) is 0. The number of nitrogens with zero attached hydrogens (tertiary/aromatic N) is 7. The van der Waals surface area contributed by atoms with Gasteiger partial charge in [0, 0.05) is 30.1 Å². The zero-order valence-corrected chi connectivity index (χ0v) is 28.1. The number of fused-ring (bicyclic) bond motifs is 1. The summed E-state index contributed by atoms with van der Waals surface area (Å²) in [7, 11) is 0. The van der Waals surface area contributed by atoms with Crippen molar-refractivity contribution in [2.45, 2.75) is 112 Å². The third-order valence-electron chi connectivity index (χ3n) is 8.32. The average Bonchev–Trinajstić information content (AvgIpc) is 3.65. The van der Waals surface area contributed by atoms with Crippen LogP contribution in [0, 0.1) is 18.3 Å². The lowest BCUT2D eigenvalue weighted by Gasteiger charge is -2.21. The van der Waals surface area contributed by atoms with Crippen molar-refractivity contribution in [3.63, 3.8) is 0 Å². The number of aryl methyl sites for hydroxylation is 1. The van der Waals surface area contributed by atoms with Gasteiger partial charge in [-0.25, -0.2) is 15.0 Å². The average molecular weight is 614 g/mol. The summed E-state index contributed by atoms with van der Waals surface area (Å²) < 4.78 is 1.30. The lowest BCUT2D eigenvalue weighted by atomic mass is 9.98. The predicted octanol–water partition coefficient (Wildman–Crippen LogP) is 9.20. The Kier molecular flexibility index (Phi) is 12.0. The summed E-state index contributed by atoms with van der Waals surface area (Å²) in [5.74, 6) is 0.755. The van der Waals surface area contributed by atoms with Gasteiger partial charge in [0.15, 0.2) is 16.8 Å². The van der Waals surface area contributed by atoms with E-state index in [4.69, 9.17) is 15.0 Å². The number of rotatable bonds is 16. The van der Waals surface area contributed by atoms with E-state index in [0.717, 1.165) is 73.0 Å². The van der Waals surface area contributed by atoms with E-state index in [0.29, 0.717) is 22.9 Å². The Morgan fingerprint density at radius 1 is 0.955 bits per heavy atom. The lowest BCUT2D eigenvalue weighted by Crippen LogP contribution is -2.28. The zero-order chi connectivity index (χ0) is 31.6. The van der Waals surface area contributed by atoms with Gasteiger partial charge in [0.2, 0.25) is 0 Å². The molecule has 1 unspecified atom stereocenters. The second-order valence-electron chi connectivity index (χ2n) is 11.7. The number of nitriles is 1. The Labute approximate surface area is 267 Å². The Bertz CT molecular complexity index is 1510. The van der Waals surface area contributed by atoms with Gasteiger partial charge < -0.3 is 4.90 Å². The summed E-state index contributed by atoms with van der Waals surface area (Å²) >= 11 is 1.57. The van der Waals surface area contributed by atoms with Crippen LogP contribution in [0.3, 0.4) is 0 Å². The lowest BCUT2D eigenvalue weighted by molar-refractivity contribution is 0.0941. The number of carbonyl (C=O) groups excluding carboxylic acids is 1. The molecule has 3 aromatic rings. The van der Waals surface area contributed by atoms with Crippen LogP contribution in [-0.4, -0.2) is 44.5 Å².